The summed E-state index contributed by atoms with van der Waals surface area (Å²) < 4.78 is 1.89. The second-order valence-electron chi connectivity index (χ2n) is 5.88. The summed E-state index contributed by atoms with van der Waals surface area (Å²) in [4.78, 5) is 23.7. The van der Waals surface area contributed by atoms with Gasteiger partial charge >= 0.3 is 0 Å². The van der Waals surface area contributed by atoms with E-state index in [-0.39, 0.29) is 11.8 Å². The number of nitrogens with one attached hydrogen (secondary N) is 1. The Labute approximate surface area is 129 Å². The number of hydrogen-bond donors (Lipinski definition) is 2. The Bertz CT molecular complexity index is 727. The van der Waals surface area contributed by atoms with Crippen molar-refractivity contribution < 1.29 is 9.59 Å². The zero-order valence-corrected chi connectivity index (χ0v) is 12.8. The van der Waals surface area contributed by atoms with E-state index in [1.165, 1.54) is 0 Å². The van der Waals surface area contributed by atoms with Crippen LogP contribution in [0, 0.1) is 5.92 Å². The number of fused-ring (bicyclic) bond motifs is 1. The fraction of sp³-hybridized carbons (Fsp3) is 0.412. The highest BCUT2D eigenvalue weighted by molar-refractivity contribution is 6.00. The Kier molecular flexibility index (Phi) is 3.88. The molecule has 1 saturated carbocycles. The van der Waals surface area contributed by atoms with Gasteiger partial charge in [-0.3, -0.25) is 9.59 Å². The lowest BCUT2D eigenvalue weighted by Gasteiger charge is -2.11. The van der Waals surface area contributed by atoms with E-state index in [2.05, 4.69) is 5.32 Å². The lowest BCUT2D eigenvalue weighted by Crippen LogP contribution is -2.20. The summed E-state index contributed by atoms with van der Waals surface area (Å²) in [6, 6.07) is 7.49. The highest BCUT2D eigenvalue weighted by Gasteiger charge is 2.22. The first-order valence-corrected chi connectivity index (χ1v) is 7.84. The SMILES string of the molecule is CCn1c(C(N)=O)cc2cc(NC(=O)C3CCCC3)ccc21. The highest BCUT2D eigenvalue weighted by Crippen LogP contribution is 2.27. The van der Waals surface area contributed by atoms with E-state index in [4.69, 9.17) is 5.73 Å². The number of nitrogens with zero attached hydrogens (tertiary/aromatic N) is 1. The predicted molar refractivity (Wildman–Crippen MR) is 86.7 cm³/mol. The van der Waals surface area contributed by atoms with Crippen LogP contribution >= 0.6 is 0 Å². The number of anilines is 1. The normalized spacial score (nSPS) is 15.3. The Morgan fingerprint density at radius 1 is 1.27 bits per heavy atom. The molecule has 0 aliphatic heterocycles. The molecule has 1 heterocycles. The van der Waals surface area contributed by atoms with E-state index in [1.54, 1.807) is 6.07 Å². The molecule has 2 amide bonds. The van der Waals surface area contributed by atoms with E-state index in [0.29, 0.717) is 12.2 Å². The molecule has 1 aromatic heterocycles. The minimum Gasteiger partial charge on any atom is -0.364 e. The molecule has 1 fully saturated rings. The topological polar surface area (TPSA) is 77.1 Å². The third kappa shape index (κ3) is 2.58. The smallest absolute Gasteiger partial charge is 0.265 e. The maximum absolute atomic E-state index is 12.2. The van der Waals surface area contributed by atoms with Crippen LogP contribution < -0.4 is 11.1 Å². The van der Waals surface area contributed by atoms with Gasteiger partial charge in [0, 0.05) is 29.1 Å². The van der Waals surface area contributed by atoms with Crippen molar-refractivity contribution in [3.63, 3.8) is 0 Å². The summed E-state index contributed by atoms with van der Waals surface area (Å²) in [5, 5.41) is 3.90. The van der Waals surface area contributed by atoms with Gasteiger partial charge in [0.25, 0.3) is 5.91 Å². The van der Waals surface area contributed by atoms with Crippen molar-refractivity contribution in [1.82, 2.24) is 4.57 Å². The summed E-state index contributed by atoms with van der Waals surface area (Å²) in [5.41, 5.74) is 7.65. The van der Waals surface area contributed by atoms with Gasteiger partial charge in [-0.1, -0.05) is 12.8 Å². The lowest BCUT2D eigenvalue weighted by molar-refractivity contribution is -0.119. The van der Waals surface area contributed by atoms with E-state index in [0.717, 1.165) is 42.3 Å². The first-order chi connectivity index (χ1) is 10.6. The molecule has 5 heteroatoms. The molecular formula is C17H21N3O2. The third-order valence-electron chi connectivity index (χ3n) is 4.46. The molecule has 0 radical (unpaired) electrons. The second-order valence-corrected chi connectivity index (χ2v) is 5.88. The number of aromatic nitrogens is 1. The summed E-state index contributed by atoms with van der Waals surface area (Å²) in [7, 11) is 0. The lowest BCUT2D eigenvalue weighted by atomic mass is 10.1. The first-order valence-electron chi connectivity index (χ1n) is 7.84. The van der Waals surface area contributed by atoms with Crippen LogP contribution in [0.5, 0.6) is 0 Å². The van der Waals surface area contributed by atoms with Gasteiger partial charge in [-0.25, -0.2) is 0 Å². The summed E-state index contributed by atoms with van der Waals surface area (Å²) in [5.74, 6) is -0.200. The van der Waals surface area contributed by atoms with Gasteiger partial charge in [-0.05, 0) is 44.0 Å². The van der Waals surface area contributed by atoms with Gasteiger partial charge in [0.1, 0.15) is 5.69 Å². The van der Waals surface area contributed by atoms with Crippen LogP contribution in [0.15, 0.2) is 24.3 Å². The molecule has 0 saturated heterocycles. The average Bonchev–Trinajstić information content (AvgIpc) is 3.14. The second kappa shape index (κ2) is 5.83. The van der Waals surface area contributed by atoms with Crippen LogP contribution in [0.3, 0.4) is 0 Å². The maximum Gasteiger partial charge on any atom is 0.265 e. The molecule has 0 atom stereocenters. The molecule has 3 rings (SSSR count). The average molecular weight is 299 g/mol. The monoisotopic (exact) mass is 299 g/mol. The summed E-state index contributed by atoms with van der Waals surface area (Å²) in [6.07, 6.45) is 4.23. The molecule has 116 valence electrons. The minimum atomic E-state index is -0.436. The number of rotatable bonds is 4. The molecule has 2 aromatic rings. The van der Waals surface area contributed by atoms with Crippen molar-refractivity contribution >= 4 is 28.4 Å². The molecular weight excluding hydrogens is 278 g/mol. The number of carbonyl (C=O) groups is 2. The number of carbonyl (C=O) groups excluding carboxylic acids is 2. The molecule has 5 nitrogen and oxygen atoms in total. The summed E-state index contributed by atoms with van der Waals surface area (Å²) in [6.45, 7) is 2.65. The van der Waals surface area contributed by atoms with Crippen LogP contribution in [0.1, 0.15) is 43.1 Å². The van der Waals surface area contributed by atoms with Gasteiger partial charge in [-0.15, -0.1) is 0 Å². The number of amides is 2. The third-order valence-corrected chi connectivity index (χ3v) is 4.46. The molecule has 1 aliphatic rings. The fourth-order valence-electron chi connectivity index (χ4n) is 3.33. The standard InChI is InChI=1S/C17H21N3O2/c1-2-20-14-8-7-13(9-12(14)10-15(20)16(18)21)19-17(22)11-5-3-4-6-11/h7-11H,2-6H2,1H3,(H2,18,21)(H,19,22). The van der Waals surface area contributed by atoms with Gasteiger partial charge in [0.2, 0.25) is 5.91 Å². The number of aryl methyl sites for hydroxylation is 1. The van der Waals surface area contributed by atoms with Gasteiger partial charge < -0.3 is 15.6 Å². The van der Waals surface area contributed by atoms with Crippen molar-refractivity contribution in [2.24, 2.45) is 11.7 Å². The largest absolute Gasteiger partial charge is 0.364 e. The zero-order chi connectivity index (χ0) is 15.7. The Hall–Kier alpha value is -2.30. The number of hydrogen-bond acceptors (Lipinski definition) is 2. The Morgan fingerprint density at radius 3 is 2.64 bits per heavy atom. The molecule has 1 aromatic carbocycles. The van der Waals surface area contributed by atoms with E-state index in [9.17, 15) is 9.59 Å². The molecule has 22 heavy (non-hydrogen) atoms. The zero-order valence-electron chi connectivity index (χ0n) is 12.8. The number of benzene rings is 1. The van der Waals surface area contributed by atoms with Gasteiger partial charge in [0.15, 0.2) is 0 Å². The van der Waals surface area contributed by atoms with E-state index in [1.807, 2.05) is 29.7 Å². The summed E-state index contributed by atoms with van der Waals surface area (Å²) >= 11 is 0. The highest BCUT2D eigenvalue weighted by atomic mass is 16.2. The van der Waals surface area contributed by atoms with Crippen LogP contribution in [0.4, 0.5) is 5.69 Å². The predicted octanol–water partition coefficient (Wildman–Crippen LogP) is 2.89. The Balaban J connectivity index is 1.89. The molecule has 0 bridgehead atoms. The van der Waals surface area contributed by atoms with Crippen LogP contribution in [-0.4, -0.2) is 16.4 Å². The van der Waals surface area contributed by atoms with Gasteiger partial charge in [0.05, 0.1) is 0 Å². The van der Waals surface area contributed by atoms with Crippen molar-refractivity contribution in [2.45, 2.75) is 39.2 Å². The number of primary amides is 1. The van der Waals surface area contributed by atoms with Crippen molar-refractivity contribution in [2.75, 3.05) is 5.32 Å². The molecule has 3 N–H and O–H groups in total. The Morgan fingerprint density at radius 2 is 2.00 bits per heavy atom. The molecule has 0 unspecified atom stereocenters. The van der Waals surface area contributed by atoms with Crippen LogP contribution in [0.2, 0.25) is 0 Å². The van der Waals surface area contributed by atoms with E-state index >= 15 is 0 Å². The van der Waals surface area contributed by atoms with Crippen LogP contribution in [0.25, 0.3) is 10.9 Å². The fourth-order valence-corrected chi connectivity index (χ4v) is 3.33. The van der Waals surface area contributed by atoms with Crippen molar-refractivity contribution in [3.8, 4) is 0 Å². The van der Waals surface area contributed by atoms with Crippen molar-refractivity contribution in [1.29, 1.82) is 0 Å². The number of nitrogens with two attached hydrogens (primary N) is 1. The van der Waals surface area contributed by atoms with Crippen molar-refractivity contribution in [3.05, 3.63) is 30.0 Å². The molecule has 1 aliphatic carbocycles. The van der Waals surface area contributed by atoms with E-state index < -0.39 is 5.91 Å². The quantitative estimate of drug-likeness (QED) is 0.910. The minimum absolute atomic E-state index is 0.0990. The van der Waals surface area contributed by atoms with Gasteiger partial charge in [-0.2, -0.15) is 0 Å². The maximum atomic E-state index is 12.2. The first kappa shape index (κ1) is 14.6. The van der Waals surface area contributed by atoms with Crippen LogP contribution in [-0.2, 0) is 11.3 Å². The molecule has 0 spiro atoms.